The zero-order valence-electron chi connectivity index (χ0n) is 11.7. The van der Waals surface area contributed by atoms with E-state index in [4.69, 9.17) is 4.52 Å². The van der Waals surface area contributed by atoms with E-state index in [9.17, 15) is 0 Å². The second kappa shape index (κ2) is 6.15. The van der Waals surface area contributed by atoms with Crippen LogP contribution >= 0.6 is 0 Å². The first-order valence-corrected chi connectivity index (χ1v) is 7.08. The van der Waals surface area contributed by atoms with Gasteiger partial charge in [-0.25, -0.2) is 0 Å². The Morgan fingerprint density at radius 3 is 2.95 bits per heavy atom. The van der Waals surface area contributed by atoms with E-state index in [-0.39, 0.29) is 0 Å². The molecule has 1 aliphatic rings. The van der Waals surface area contributed by atoms with Gasteiger partial charge in [0.25, 0.3) is 0 Å². The van der Waals surface area contributed by atoms with Crippen molar-refractivity contribution in [1.82, 2.24) is 20.4 Å². The number of nitrogens with one attached hydrogen (secondary N) is 1. The molecule has 1 aliphatic heterocycles. The lowest BCUT2D eigenvalue weighted by molar-refractivity contribution is 0.186. The fourth-order valence-electron chi connectivity index (χ4n) is 2.68. The minimum absolute atomic E-state index is 0.485. The zero-order chi connectivity index (χ0) is 13.8. The summed E-state index contributed by atoms with van der Waals surface area (Å²) < 4.78 is 5.03. The second-order valence-electron chi connectivity index (χ2n) is 5.31. The molecule has 5 heteroatoms. The van der Waals surface area contributed by atoms with Crippen LogP contribution in [0.1, 0.15) is 17.3 Å². The quantitative estimate of drug-likeness (QED) is 0.911. The fraction of sp³-hybridized carbons (Fsp3) is 0.467. The summed E-state index contributed by atoms with van der Waals surface area (Å²) in [7, 11) is 0. The molecule has 0 radical (unpaired) electrons. The van der Waals surface area contributed by atoms with Crippen LogP contribution < -0.4 is 5.32 Å². The monoisotopic (exact) mass is 272 g/mol. The van der Waals surface area contributed by atoms with Gasteiger partial charge in [0, 0.05) is 32.6 Å². The first-order valence-electron chi connectivity index (χ1n) is 7.08. The maximum atomic E-state index is 5.03. The zero-order valence-corrected chi connectivity index (χ0v) is 11.7. The lowest BCUT2D eigenvalue weighted by atomic mass is 10.0. The van der Waals surface area contributed by atoms with Gasteiger partial charge in [0.1, 0.15) is 0 Å². The standard InChI is InChI=1S/C15H20N4O/c1-12-17-15(18-20-12)11-19-8-7-16-14(10-19)9-13-5-3-2-4-6-13/h2-6,14,16H,7-11H2,1H3. The third-order valence-electron chi connectivity index (χ3n) is 3.60. The van der Waals surface area contributed by atoms with E-state index in [1.807, 2.05) is 6.92 Å². The molecule has 1 atom stereocenters. The minimum atomic E-state index is 0.485. The largest absolute Gasteiger partial charge is 0.340 e. The summed E-state index contributed by atoms with van der Waals surface area (Å²) in [4.78, 5) is 6.66. The SMILES string of the molecule is Cc1nc(CN2CCNC(Cc3ccccc3)C2)no1. The summed E-state index contributed by atoms with van der Waals surface area (Å²) in [5, 5.41) is 7.55. The highest BCUT2D eigenvalue weighted by Gasteiger charge is 2.20. The maximum absolute atomic E-state index is 5.03. The van der Waals surface area contributed by atoms with Gasteiger partial charge in [0.15, 0.2) is 5.82 Å². The average molecular weight is 272 g/mol. The van der Waals surface area contributed by atoms with Gasteiger partial charge in [0.05, 0.1) is 6.54 Å². The van der Waals surface area contributed by atoms with Crippen LogP contribution in [-0.4, -0.2) is 40.7 Å². The lowest BCUT2D eigenvalue weighted by Gasteiger charge is -2.33. The number of rotatable bonds is 4. The molecule has 1 aromatic heterocycles. The molecule has 1 fully saturated rings. The highest BCUT2D eigenvalue weighted by atomic mass is 16.5. The lowest BCUT2D eigenvalue weighted by Crippen LogP contribution is -2.51. The number of hydrogen-bond donors (Lipinski definition) is 1. The van der Waals surface area contributed by atoms with E-state index in [1.165, 1.54) is 5.56 Å². The molecule has 106 valence electrons. The van der Waals surface area contributed by atoms with Crippen LogP contribution in [0, 0.1) is 6.92 Å². The Bertz CT molecular complexity index is 540. The molecule has 2 heterocycles. The van der Waals surface area contributed by atoms with E-state index in [2.05, 4.69) is 50.7 Å². The van der Waals surface area contributed by atoms with E-state index in [0.717, 1.165) is 38.4 Å². The molecule has 0 spiro atoms. The summed E-state index contributed by atoms with van der Waals surface area (Å²) in [5.41, 5.74) is 1.38. The number of aryl methyl sites for hydroxylation is 1. The van der Waals surface area contributed by atoms with Crippen molar-refractivity contribution in [3.05, 3.63) is 47.6 Å². The molecule has 2 aromatic rings. The van der Waals surface area contributed by atoms with Gasteiger partial charge in [-0.15, -0.1) is 0 Å². The van der Waals surface area contributed by atoms with Crippen molar-refractivity contribution in [2.45, 2.75) is 25.9 Å². The molecule has 0 aliphatic carbocycles. The van der Waals surface area contributed by atoms with Crippen LogP contribution in [0.4, 0.5) is 0 Å². The molecule has 3 rings (SSSR count). The molecule has 1 unspecified atom stereocenters. The summed E-state index contributed by atoms with van der Waals surface area (Å²) >= 11 is 0. The summed E-state index contributed by atoms with van der Waals surface area (Å²) in [6, 6.07) is 11.1. The van der Waals surface area contributed by atoms with Crippen molar-refractivity contribution in [2.24, 2.45) is 0 Å². The summed E-state index contributed by atoms with van der Waals surface area (Å²) in [6.07, 6.45) is 1.06. The van der Waals surface area contributed by atoms with E-state index < -0.39 is 0 Å². The Kier molecular flexibility index (Phi) is 4.08. The molecule has 5 nitrogen and oxygen atoms in total. The average Bonchev–Trinajstić information content (AvgIpc) is 2.86. The van der Waals surface area contributed by atoms with Gasteiger partial charge in [-0.05, 0) is 12.0 Å². The molecule has 0 amide bonds. The minimum Gasteiger partial charge on any atom is -0.340 e. The van der Waals surface area contributed by atoms with Crippen LogP contribution in [0.3, 0.4) is 0 Å². The Balaban J connectivity index is 1.56. The fourth-order valence-corrected chi connectivity index (χ4v) is 2.68. The van der Waals surface area contributed by atoms with Crippen LogP contribution in [0.25, 0.3) is 0 Å². The molecular formula is C15H20N4O. The highest BCUT2D eigenvalue weighted by Crippen LogP contribution is 2.09. The Hall–Kier alpha value is -1.72. The number of benzene rings is 1. The van der Waals surface area contributed by atoms with E-state index in [1.54, 1.807) is 0 Å². The van der Waals surface area contributed by atoms with Gasteiger partial charge in [0.2, 0.25) is 5.89 Å². The van der Waals surface area contributed by atoms with Crippen molar-refractivity contribution in [3.63, 3.8) is 0 Å². The van der Waals surface area contributed by atoms with Crippen molar-refractivity contribution >= 4 is 0 Å². The highest BCUT2D eigenvalue weighted by molar-refractivity contribution is 5.16. The first kappa shape index (κ1) is 13.3. The van der Waals surface area contributed by atoms with Crippen molar-refractivity contribution in [1.29, 1.82) is 0 Å². The maximum Gasteiger partial charge on any atom is 0.223 e. The van der Waals surface area contributed by atoms with Crippen LogP contribution in [0.5, 0.6) is 0 Å². The Morgan fingerprint density at radius 2 is 2.20 bits per heavy atom. The first-order chi connectivity index (χ1) is 9.79. The van der Waals surface area contributed by atoms with Crippen molar-refractivity contribution in [3.8, 4) is 0 Å². The second-order valence-corrected chi connectivity index (χ2v) is 5.31. The van der Waals surface area contributed by atoms with Crippen molar-refractivity contribution < 1.29 is 4.52 Å². The topological polar surface area (TPSA) is 54.2 Å². The molecule has 1 saturated heterocycles. The third-order valence-corrected chi connectivity index (χ3v) is 3.60. The molecular weight excluding hydrogens is 252 g/mol. The van der Waals surface area contributed by atoms with Crippen LogP contribution in [-0.2, 0) is 13.0 Å². The smallest absolute Gasteiger partial charge is 0.223 e. The summed E-state index contributed by atoms with van der Waals surface area (Å²) in [6.45, 7) is 5.65. The molecule has 1 aromatic carbocycles. The van der Waals surface area contributed by atoms with Gasteiger partial charge in [-0.1, -0.05) is 35.5 Å². The van der Waals surface area contributed by atoms with Gasteiger partial charge in [-0.2, -0.15) is 4.98 Å². The number of hydrogen-bond acceptors (Lipinski definition) is 5. The Labute approximate surface area is 119 Å². The normalized spacial score (nSPS) is 20.1. The third kappa shape index (κ3) is 3.43. The van der Waals surface area contributed by atoms with Crippen LogP contribution in [0.15, 0.2) is 34.9 Å². The van der Waals surface area contributed by atoms with E-state index in [0.29, 0.717) is 11.9 Å². The van der Waals surface area contributed by atoms with Crippen molar-refractivity contribution in [2.75, 3.05) is 19.6 Å². The molecule has 0 saturated carbocycles. The number of aromatic nitrogens is 2. The number of piperazine rings is 1. The molecule has 20 heavy (non-hydrogen) atoms. The number of nitrogens with zero attached hydrogens (tertiary/aromatic N) is 3. The van der Waals surface area contributed by atoms with Gasteiger partial charge >= 0.3 is 0 Å². The predicted molar refractivity (Wildman–Crippen MR) is 76.2 cm³/mol. The van der Waals surface area contributed by atoms with Gasteiger partial charge < -0.3 is 9.84 Å². The molecule has 1 N–H and O–H groups in total. The molecule has 0 bridgehead atoms. The van der Waals surface area contributed by atoms with E-state index >= 15 is 0 Å². The van der Waals surface area contributed by atoms with Gasteiger partial charge in [-0.3, -0.25) is 4.90 Å². The predicted octanol–water partition coefficient (Wildman–Crippen LogP) is 1.39. The van der Waals surface area contributed by atoms with Crippen LogP contribution in [0.2, 0.25) is 0 Å². The summed E-state index contributed by atoms with van der Waals surface area (Å²) in [5.74, 6) is 1.42. The Morgan fingerprint density at radius 1 is 1.35 bits per heavy atom.